The van der Waals surface area contributed by atoms with E-state index in [1.54, 1.807) is 18.7 Å². The molecule has 2 atom stereocenters. The molecule has 0 rings (SSSR count). The average Bonchev–Trinajstić information content (AvgIpc) is 2.22. The van der Waals surface area contributed by atoms with Gasteiger partial charge in [-0.05, 0) is 31.8 Å². The van der Waals surface area contributed by atoms with E-state index in [1.807, 2.05) is 13.2 Å². The zero-order chi connectivity index (χ0) is 11.9. The maximum atomic E-state index is 11.5. The maximum absolute atomic E-state index is 11.5. The minimum Gasteiger partial charge on any atom is -0.388 e. The third kappa shape index (κ3) is 6.76. The van der Waals surface area contributed by atoms with Gasteiger partial charge in [-0.25, -0.2) is 0 Å². The molecule has 0 aromatic carbocycles. The van der Waals surface area contributed by atoms with Crippen LogP contribution in [0.2, 0.25) is 0 Å². The van der Waals surface area contributed by atoms with Crippen LogP contribution in [-0.2, 0) is 4.79 Å². The molecule has 1 unspecified atom stereocenters. The molecule has 4 N–H and O–H groups in total. The van der Waals surface area contributed by atoms with E-state index in [0.29, 0.717) is 12.8 Å². The first kappa shape index (κ1) is 14.7. The second-order valence-corrected chi connectivity index (χ2v) is 4.94. The van der Waals surface area contributed by atoms with E-state index in [0.717, 1.165) is 5.75 Å². The Bertz CT molecular complexity index is 198. The van der Waals surface area contributed by atoms with Crippen molar-refractivity contribution in [2.75, 3.05) is 18.6 Å². The molecular formula is C10H22N2O2S. The van der Waals surface area contributed by atoms with Crippen molar-refractivity contribution in [3.63, 3.8) is 0 Å². The fourth-order valence-corrected chi connectivity index (χ4v) is 1.40. The maximum Gasteiger partial charge on any atom is 0.237 e. The summed E-state index contributed by atoms with van der Waals surface area (Å²) in [4.78, 5) is 11.5. The van der Waals surface area contributed by atoms with Crippen molar-refractivity contribution >= 4 is 17.7 Å². The molecule has 0 aromatic heterocycles. The molecule has 0 spiro atoms. The Hall–Kier alpha value is -0.260. The summed E-state index contributed by atoms with van der Waals surface area (Å²) in [7, 11) is 0. The number of rotatable bonds is 7. The number of carbonyl (C=O) groups is 1. The largest absolute Gasteiger partial charge is 0.388 e. The van der Waals surface area contributed by atoms with Crippen LogP contribution in [0.25, 0.3) is 0 Å². The molecule has 4 nitrogen and oxygen atoms in total. The fraction of sp³-hybridized carbons (Fsp3) is 0.900. The first-order chi connectivity index (χ1) is 6.93. The summed E-state index contributed by atoms with van der Waals surface area (Å²) in [5, 5.41) is 12.3. The molecule has 0 heterocycles. The molecule has 0 saturated heterocycles. The summed E-state index contributed by atoms with van der Waals surface area (Å²) in [6.45, 7) is 3.83. The van der Waals surface area contributed by atoms with Gasteiger partial charge in [-0.2, -0.15) is 11.8 Å². The van der Waals surface area contributed by atoms with E-state index in [9.17, 15) is 9.90 Å². The van der Waals surface area contributed by atoms with Gasteiger partial charge in [0.2, 0.25) is 5.91 Å². The van der Waals surface area contributed by atoms with E-state index in [1.165, 1.54) is 0 Å². The van der Waals surface area contributed by atoms with Crippen LogP contribution in [0.15, 0.2) is 0 Å². The van der Waals surface area contributed by atoms with Crippen molar-refractivity contribution in [3.05, 3.63) is 0 Å². The zero-order valence-electron chi connectivity index (χ0n) is 9.75. The molecule has 5 heteroatoms. The molecule has 0 aromatic rings. The number of aliphatic hydroxyl groups is 1. The number of thioether (sulfide) groups is 1. The van der Waals surface area contributed by atoms with E-state index >= 15 is 0 Å². The summed E-state index contributed by atoms with van der Waals surface area (Å²) < 4.78 is 0. The van der Waals surface area contributed by atoms with Crippen LogP contribution in [0.3, 0.4) is 0 Å². The molecule has 0 radical (unpaired) electrons. The number of nitrogens with two attached hydrogens (primary N) is 1. The number of hydrogen-bond acceptors (Lipinski definition) is 4. The summed E-state index contributed by atoms with van der Waals surface area (Å²) in [5.41, 5.74) is 4.83. The van der Waals surface area contributed by atoms with Gasteiger partial charge in [-0.15, -0.1) is 0 Å². The van der Waals surface area contributed by atoms with Crippen molar-refractivity contribution in [2.45, 2.75) is 38.3 Å². The molecule has 0 bridgehead atoms. The smallest absolute Gasteiger partial charge is 0.237 e. The van der Waals surface area contributed by atoms with E-state index in [2.05, 4.69) is 5.32 Å². The van der Waals surface area contributed by atoms with Crippen molar-refractivity contribution in [2.24, 2.45) is 5.73 Å². The number of hydrogen-bond donors (Lipinski definition) is 3. The van der Waals surface area contributed by atoms with Gasteiger partial charge < -0.3 is 16.2 Å². The molecule has 0 saturated carbocycles. The number of amides is 1. The standard InChI is InChI=1S/C10H22N2O2S/c1-4-10(2,14)7-12-9(13)8(11)5-6-15-3/h8,14H,4-7,11H2,1-3H3,(H,12,13)/t8-,10?/m1/s1. The Labute approximate surface area is 96.0 Å². The summed E-state index contributed by atoms with van der Waals surface area (Å²) in [6, 6.07) is -0.467. The van der Waals surface area contributed by atoms with Crippen LogP contribution < -0.4 is 11.1 Å². The summed E-state index contributed by atoms with van der Waals surface area (Å²) >= 11 is 1.67. The van der Waals surface area contributed by atoms with Crippen molar-refractivity contribution in [1.82, 2.24) is 5.32 Å². The third-order valence-corrected chi connectivity index (χ3v) is 3.02. The third-order valence-electron chi connectivity index (χ3n) is 2.37. The number of nitrogens with one attached hydrogen (secondary N) is 1. The molecule has 1 amide bonds. The van der Waals surface area contributed by atoms with Crippen LogP contribution in [0, 0.1) is 0 Å². The Morgan fingerprint density at radius 2 is 2.27 bits per heavy atom. The lowest BCUT2D eigenvalue weighted by Crippen LogP contribution is -2.47. The monoisotopic (exact) mass is 234 g/mol. The molecule has 90 valence electrons. The van der Waals surface area contributed by atoms with Crippen molar-refractivity contribution in [3.8, 4) is 0 Å². The van der Waals surface area contributed by atoms with Gasteiger partial charge in [0.05, 0.1) is 11.6 Å². The Morgan fingerprint density at radius 3 is 2.73 bits per heavy atom. The van der Waals surface area contributed by atoms with Gasteiger partial charge in [-0.3, -0.25) is 4.79 Å². The SMILES string of the molecule is CCC(C)(O)CNC(=O)[C@H](N)CCSC. The zero-order valence-corrected chi connectivity index (χ0v) is 10.6. The molecule has 0 aliphatic rings. The van der Waals surface area contributed by atoms with Gasteiger partial charge in [0.1, 0.15) is 0 Å². The van der Waals surface area contributed by atoms with Crippen LogP contribution in [0.1, 0.15) is 26.7 Å². The molecule has 0 fully saturated rings. The van der Waals surface area contributed by atoms with Crippen LogP contribution in [-0.4, -0.2) is 41.2 Å². The van der Waals surface area contributed by atoms with Crippen LogP contribution in [0.5, 0.6) is 0 Å². The van der Waals surface area contributed by atoms with Crippen molar-refractivity contribution in [1.29, 1.82) is 0 Å². The average molecular weight is 234 g/mol. The van der Waals surface area contributed by atoms with Gasteiger partial charge in [-0.1, -0.05) is 6.92 Å². The molecule has 15 heavy (non-hydrogen) atoms. The molecular weight excluding hydrogens is 212 g/mol. The van der Waals surface area contributed by atoms with Gasteiger partial charge >= 0.3 is 0 Å². The highest BCUT2D eigenvalue weighted by Gasteiger charge is 2.20. The van der Waals surface area contributed by atoms with E-state index in [4.69, 9.17) is 5.73 Å². The van der Waals surface area contributed by atoms with Gasteiger partial charge in [0, 0.05) is 6.54 Å². The van der Waals surface area contributed by atoms with Gasteiger partial charge in [0.25, 0.3) is 0 Å². The lowest BCUT2D eigenvalue weighted by molar-refractivity contribution is -0.123. The first-order valence-electron chi connectivity index (χ1n) is 5.17. The first-order valence-corrected chi connectivity index (χ1v) is 6.57. The van der Waals surface area contributed by atoms with E-state index in [-0.39, 0.29) is 12.5 Å². The summed E-state index contributed by atoms with van der Waals surface area (Å²) in [6.07, 6.45) is 3.25. The molecule has 0 aliphatic heterocycles. The highest BCUT2D eigenvalue weighted by atomic mass is 32.2. The van der Waals surface area contributed by atoms with E-state index < -0.39 is 11.6 Å². The lowest BCUT2D eigenvalue weighted by atomic mass is 10.0. The fourth-order valence-electron chi connectivity index (χ4n) is 0.910. The number of carbonyl (C=O) groups excluding carboxylic acids is 1. The highest BCUT2D eigenvalue weighted by molar-refractivity contribution is 7.98. The predicted molar refractivity (Wildman–Crippen MR) is 64.9 cm³/mol. The van der Waals surface area contributed by atoms with Crippen LogP contribution >= 0.6 is 11.8 Å². The second kappa shape index (κ2) is 7.09. The lowest BCUT2D eigenvalue weighted by Gasteiger charge is -2.22. The Kier molecular flexibility index (Phi) is 6.96. The Balaban J connectivity index is 3.82. The van der Waals surface area contributed by atoms with Crippen molar-refractivity contribution < 1.29 is 9.90 Å². The normalized spacial score (nSPS) is 16.9. The predicted octanol–water partition coefficient (Wildman–Crippen LogP) is 0.344. The topological polar surface area (TPSA) is 75.3 Å². The second-order valence-electron chi connectivity index (χ2n) is 3.96. The highest BCUT2D eigenvalue weighted by Crippen LogP contribution is 2.06. The van der Waals surface area contributed by atoms with Gasteiger partial charge in [0.15, 0.2) is 0 Å². The molecule has 0 aliphatic carbocycles. The van der Waals surface area contributed by atoms with Crippen LogP contribution in [0.4, 0.5) is 0 Å². The minimum atomic E-state index is -0.838. The Morgan fingerprint density at radius 1 is 1.67 bits per heavy atom. The quantitative estimate of drug-likeness (QED) is 0.594. The summed E-state index contributed by atoms with van der Waals surface area (Å²) in [5.74, 6) is 0.691. The minimum absolute atomic E-state index is 0.183.